The lowest BCUT2D eigenvalue weighted by Crippen LogP contribution is -2.40. The largest absolute Gasteiger partial charge is 0.495 e. The van der Waals surface area contributed by atoms with Gasteiger partial charge in [0.2, 0.25) is 10.0 Å². The van der Waals surface area contributed by atoms with E-state index >= 15 is 0 Å². The Labute approximate surface area is 180 Å². The molecular formula is C21H24N2O7S. The smallest absolute Gasteiger partial charge is 0.255 e. The van der Waals surface area contributed by atoms with E-state index in [-0.39, 0.29) is 23.7 Å². The van der Waals surface area contributed by atoms with Gasteiger partial charge in [0.1, 0.15) is 5.75 Å². The zero-order valence-corrected chi connectivity index (χ0v) is 17.9. The van der Waals surface area contributed by atoms with Gasteiger partial charge in [-0.3, -0.25) is 4.79 Å². The molecule has 0 spiro atoms. The maximum atomic E-state index is 13.0. The summed E-state index contributed by atoms with van der Waals surface area (Å²) >= 11 is 0. The zero-order valence-electron chi connectivity index (χ0n) is 17.1. The summed E-state index contributed by atoms with van der Waals surface area (Å²) in [5, 5.41) is 2.75. The lowest BCUT2D eigenvalue weighted by Gasteiger charge is -2.26. The van der Waals surface area contributed by atoms with Crippen LogP contribution in [0.4, 0.5) is 5.69 Å². The summed E-state index contributed by atoms with van der Waals surface area (Å²) in [4.78, 5) is 13.0. The van der Waals surface area contributed by atoms with E-state index in [1.165, 1.54) is 29.6 Å². The normalized spacial score (nSPS) is 16.9. The molecule has 0 aromatic heterocycles. The van der Waals surface area contributed by atoms with E-state index in [0.717, 1.165) is 6.42 Å². The fourth-order valence-corrected chi connectivity index (χ4v) is 4.81. The molecule has 1 saturated heterocycles. The second-order valence-electron chi connectivity index (χ2n) is 7.04. The number of ether oxygens (including phenoxy) is 4. The summed E-state index contributed by atoms with van der Waals surface area (Å²) in [6.45, 7) is 2.33. The third kappa shape index (κ3) is 4.60. The number of fused-ring (bicyclic) bond motifs is 1. The molecule has 2 aromatic rings. The standard InChI is InChI=1S/C21H24N2O7S/c1-27-18-6-4-16(31(25,26)23-7-11-28-12-8-23)14-17(18)22-21(24)15-3-5-19-20(13-15)30-10-2-9-29-19/h3-6,13-14H,2,7-12H2,1H3,(H,22,24). The van der Waals surface area contributed by atoms with Crippen LogP contribution < -0.4 is 19.5 Å². The van der Waals surface area contributed by atoms with E-state index in [1.54, 1.807) is 18.2 Å². The number of morpholine rings is 1. The minimum atomic E-state index is -3.72. The van der Waals surface area contributed by atoms with Gasteiger partial charge in [-0.25, -0.2) is 8.42 Å². The van der Waals surface area contributed by atoms with Crippen molar-refractivity contribution in [2.24, 2.45) is 0 Å². The number of carbonyl (C=O) groups is 1. The van der Waals surface area contributed by atoms with Crippen molar-refractivity contribution in [3.63, 3.8) is 0 Å². The second kappa shape index (κ2) is 9.13. The molecule has 0 radical (unpaired) electrons. The zero-order chi connectivity index (χ0) is 21.8. The fourth-order valence-electron chi connectivity index (χ4n) is 3.38. The lowest BCUT2D eigenvalue weighted by molar-refractivity contribution is 0.0730. The number of methoxy groups -OCH3 is 1. The van der Waals surface area contributed by atoms with Crippen molar-refractivity contribution >= 4 is 21.6 Å². The van der Waals surface area contributed by atoms with Gasteiger partial charge in [-0.05, 0) is 36.4 Å². The molecule has 2 aliphatic rings. The number of rotatable bonds is 5. The molecule has 0 atom stereocenters. The predicted molar refractivity (Wildman–Crippen MR) is 113 cm³/mol. The highest BCUT2D eigenvalue weighted by molar-refractivity contribution is 7.89. The topological polar surface area (TPSA) is 103 Å². The van der Waals surface area contributed by atoms with E-state index in [2.05, 4.69) is 5.32 Å². The van der Waals surface area contributed by atoms with Crippen molar-refractivity contribution in [1.29, 1.82) is 0 Å². The van der Waals surface area contributed by atoms with Gasteiger partial charge in [0, 0.05) is 25.1 Å². The molecule has 1 amide bonds. The van der Waals surface area contributed by atoms with Crippen molar-refractivity contribution in [2.45, 2.75) is 11.3 Å². The van der Waals surface area contributed by atoms with Crippen LogP contribution in [-0.2, 0) is 14.8 Å². The Morgan fingerprint density at radius 2 is 1.74 bits per heavy atom. The summed E-state index contributed by atoms with van der Waals surface area (Å²) in [6, 6.07) is 9.32. The first-order valence-electron chi connectivity index (χ1n) is 9.96. The molecule has 0 bridgehead atoms. The Balaban J connectivity index is 1.59. The lowest BCUT2D eigenvalue weighted by atomic mass is 10.1. The molecule has 10 heteroatoms. The van der Waals surface area contributed by atoms with Gasteiger partial charge in [0.05, 0.1) is 44.1 Å². The third-order valence-electron chi connectivity index (χ3n) is 5.04. The number of nitrogens with one attached hydrogen (secondary N) is 1. The fraction of sp³-hybridized carbons (Fsp3) is 0.381. The van der Waals surface area contributed by atoms with Crippen LogP contribution in [0.3, 0.4) is 0 Å². The van der Waals surface area contributed by atoms with Crippen LogP contribution in [0, 0.1) is 0 Å². The highest BCUT2D eigenvalue weighted by atomic mass is 32.2. The number of benzene rings is 2. The van der Waals surface area contributed by atoms with Crippen LogP contribution >= 0.6 is 0 Å². The number of amides is 1. The summed E-state index contributed by atoms with van der Waals surface area (Å²) < 4.78 is 49.1. The first-order valence-corrected chi connectivity index (χ1v) is 11.4. The molecule has 0 saturated carbocycles. The molecule has 1 fully saturated rings. The van der Waals surface area contributed by atoms with Crippen molar-refractivity contribution in [2.75, 3.05) is 51.9 Å². The Morgan fingerprint density at radius 3 is 2.48 bits per heavy atom. The Morgan fingerprint density at radius 1 is 1.00 bits per heavy atom. The summed E-state index contributed by atoms with van der Waals surface area (Å²) in [6.07, 6.45) is 0.762. The second-order valence-corrected chi connectivity index (χ2v) is 8.98. The van der Waals surface area contributed by atoms with Gasteiger partial charge in [0.15, 0.2) is 11.5 Å². The minimum Gasteiger partial charge on any atom is -0.495 e. The Kier molecular flexibility index (Phi) is 6.30. The van der Waals surface area contributed by atoms with Gasteiger partial charge < -0.3 is 24.3 Å². The number of sulfonamides is 1. The SMILES string of the molecule is COc1ccc(S(=O)(=O)N2CCOCC2)cc1NC(=O)c1ccc2c(c1)OCCCO2. The Hall–Kier alpha value is -2.82. The van der Waals surface area contributed by atoms with Crippen LogP contribution in [-0.4, -0.2) is 65.3 Å². The van der Waals surface area contributed by atoms with Crippen LogP contribution in [0.5, 0.6) is 17.2 Å². The maximum absolute atomic E-state index is 13.0. The molecular weight excluding hydrogens is 424 g/mol. The molecule has 31 heavy (non-hydrogen) atoms. The van der Waals surface area contributed by atoms with E-state index in [9.17, 15) is 13.2 Å². The summed E-state index contributed by atoms with van der Waals surface area (Å²) in [5.41, 5.74) is 0.613. The van der Waals surface area contributed by atoms with E-state index in [1.807, 2.05) is 0 Å². The van der Waals surface area contributed by atoms with Gasteiger partial charge in [-0.2, -0.15) is 4.31 Å². The van der Waals surface area contributed by atoms with Crippen molar-refractivity contribution < 1.29 is 32.2 Å². The van der Waals surface area contributed by atoms with Crippen LogP contribution in [0.1, 0.15) is 16.8 Å². The third-order valence-corrected chi connectivity index (χ3v) is 6.93. The number of anilines is 1. The molecule has 9 nitrogen and oxygen atoms in total. The van der Waals surface area contributed by atoms with Gasteiger partial charge >= 0.3 is 0 Å². The van der Waals surface area contributed by atoms with E-state index in [4.69, 9.17) is 18.9 Å². The first kappa shape index (κ1) is 21.4. The van der Waals surface area contributed by atoms with E-state index < -0.39 is 15.9 Å². The quantitative estimate of drug-likeness (QED) is 0.747. The van der Waals surface area contributed by atoms with Crippen LogP contribution in [0.25, 0.3) is 0 Å². The van der Waals surface area contributed by atoms with Crippen molar-refractivity contribution in [3.8, 4) is 17.2 Å². The molecule has 166 valence electrons. The van der Waals surface area contributed by atoms with Gasteiger partial charge in [-0.15, -0.1) is 0 Å². The molecule has 2 heterocycles. The molecule has 4 rings (SSSR count). The van der Waals surface area contributed by atoms with Gasteiger partial charge in [0.25, 0.3) is 5.91 Å². The van der Waals surface area contributed by atoms with Crippen LogP contribution in [0.2, 0.25) is 0 Å². The highest BCUT2D eigenvalue weighted by Crippen LogP contribution is 2.32. The average Bonchev–Trinajstić information content (AvgIpc) is 3.04. The summed E-state index contributed by atoms with van der Waals surface area (Å²) in [5.74, 6) is 1.02. The number of hydrogen-bond acceptors (Lipinski definition) is 7. The minimum absolute atomic E-state index is 0.0733. The first-order chi connectivity index (χ1) is 15.0. The monoisotopic (exact) mass is 448 g/mol. The van der Waals surface area contributed by atoms with Crippen molar-refractivity contribution in [1.82, 2.24) is 4.31 Å². The average molecular weight is 448 g/mol. The van der Waals surface area contributed by atoms with Crippen molar-refractivity contribution in [3.05, 3.63) is 42.0 Å². The number of nitrogens with zero attached hydrogens (tertiary/aromatic N) is 1. The number of hydrogen-bond donors (Lipinski definition) is 1. The molecule has 0 aliphatic carbocycles. The Bertz CT molecular complexity index is 1070. The summed E-state index contributed by atoms with van der Waals surface area (Å²) in [7, 11) is -2.26. The molecule has 2 aromatic carbocycles. The number of carbonyl (C=O) groups excluding carboxylic acids is 1. The predicted octanol–water partition coefficient (Wildman–Crippen LogP) is 2.13. The highest BCUT2D eigenvalue weighted by Gasteiger charge is 2.27. The van der Waals surface area contributed by atoms with Crippen LogP contribution in [0.15, 0.2) is 41.3 Å². The maximum Gasteiger partial charge on any atom is 0.255 e. The van der Waals surface area contributed by atoms with Gasteiger partial charge in [-0.1, -0.05) is 0 Å². The molecule has 1 N–H and O–H groups in total. The van der Waals surface area contributed by atoms with E-state index in [0.29, 0.717) is 49.2 Å². The molecule has 2 aliphatic heterocycles. The molecule has 0 unspecified atom stereocenters.